The van der Waals surface area contributed by atoms with Gasteiger partial charge in [-0.25, -0.2) is 9.67 Å². The number of hydrogen-bond donors (Lipinski definition) is 1. The quantitative estimate of drug-likeness (QED) is 0.539. The number of aromatic nitrogens is 5. The van der Waals surface area contributed by atoms with Crippen LogP contribution in [0.4, 0.5) is 5.82 Å². The van der Waals surface area contributed by atoms with Gasteiger partial charge in [0.15, 0.2) is 5.69 Å². The molecule has 2 aliphatic carbocycles. The minimum atomic E-state index is -0.267. The van der Waals surface area contributed by atoms with Gasteiger partial charge in [0, 0.05) is 36.3 Å². The van der Waals surface area contributed by atoms with Crippen LogP contribution >= 0.6 is 0 Å². The summed E-state index contributed by atoms with van der Waals surface area (Å²) in [6, 6.07) is 5.69. The molecule has 10 nitrogen and oxygen atoms in total. The summed E-state index contributed by atoms with van der Waals surface area (Å²) in [4.78, 5) is 36.5. The number of amides is 2. The molecule has 0 bridgehead atoms. The first-order valence-corrected chi connectivity index (χ1v) is 13.1. The maximum Gasteiger partial charge on any atom is 0.273 e. The predicted molar refractivity (Wildman–Crippen MR) is 138 cm³/mol. The van der Waals surface area contributed by atoms with Crippen LogP contribution in [0.5, 0.6) is 0 Å². The molecule has 1 N–H and O–H groups in total. The van der Waals surface area contributed by atoms with Gasteiger partial charge in [0.05, 0.1) is 23.5 Å². The zero-order valence-corrected chi connectivity index (χ0v) is 22.0. The standard InChI is InChI=1S/C28H30N8O2/c1-14-5-6-18(10-29)25(31-14)19-7-21(8-19)32-27(37)24-13-36(34-33-24)17(4)23-11-30-26(16(3)15(23)2)35-12-20-9-22(20)28(35)38/h5-6,11,13,17,19-22H,7-9,12H2,1-4H3,(H,32,37)/t17?,19-,20-,21+,22-/m1/s1. The molecule has 38 heavy (non-hydrogen) atoms. The van der Waals surface area contributed by atoms with Gasteiger partial charge < -0.3 is 5.32 Å². The minimum absolute atomic E-state index is 0.00454. The van der Waals surface area contributed by atoms with Gasteiger partial charge in [-0.15, -0.1) is 5.10 Å². The van der Waals surface area contributed by atoms with Crippen LogP contribution in [0.2, 0.25) is 0 Å². The monoisotopic (exact) mass is 510 g/mol. The molecule has 3 atom stereocenters. The Morgan fingerprint density at radius 3 is 2.68 bits per heavy atom. The normalized spacial score (nSPS) is 24.4. The number of nitriles is 1. The molecule has 2 saturated carbocycles. The molecule has 3 aromatic rings. The van der Waals surface area contributed by atoms with Gasteiger partial charge in [0.2, 0.25) is 5.91 Å². The number of nitrogens with one attached hydrogen (secondary N) is 1. The average molecular weight is 511 g/mol. The van der Waals surface area contributed by atoms with Crippen molar-refractivity contribution in [1.29, 1.82) is 5.26 Å². The highest BCUT2D eigenvalue weighted by Gasteiger charge is 2.53. The molecule has 0 radical (unpaired) electrons. The van der Waals surface area contributed by atoms with Gasteiger partial charge in [-0.05, 0) is 81.7 Å². The van der Waals surface area contributed by atoms with Gasteiger partial charge in [0.25, 0.3) is 5.91 Å². The van der Waals surface area contributed by atoms with Crippen molar-refractivity contribution in [1.82, 2.24) is 30.3 Å². The number of rotatable bonds is 6. The van der Waals surface area contributed by atoms with Crippen molar-refractivity contribution in [2.24, 2.45) is 11.8 Å². The molecule has 2 amide bonds. The van der Waals surface area contributed by atoms with Gasteiger partial charge in [0.1, 0.15) is 11.9 Å². The second kappa shape index (κ2) is 9.01. The minimum Gasteiger partial charge on any atom is -0.348 e. The summed E-state index contributed by atoms with van der Waals surface area (Å²) in [5, 5.41) is 20.8. The molecule has 10 heteroatoms. The van der Waals surface area contributed by atoms with Crippen molar-refractivity contribution in [3.05, 3.63) is 63.9 Å². The average Bonchev–Trinajstić information content (AvgIpc) is 3.33. The van der Waals surface area contributed by atoms with E-state index >= 15 is 0 Å². The predicted octanol–water partition coefficient (Wildman–Crippen LogP) is 3.13. The highest BCUT2D eigenvalue weighted by Crippen LogP contribution is 2.47. The highest BCUT2D eigenvalue weighted by atomic mass is 16.2. The molecular weight excluding hydrogens is 480 g/mol. The molecule has 1 aliphatic heterocycles. The number of carbonyl (C=O) groups excluding carboxylic acids is 2. The van der Waals surface area contributed by atoms with E-state index in [9.17, 15) is 14.9 Å². The van der Waals surface area contributed by atoms with E-state index in [2.05, 4.69) is 31.7 Å². The summed E-state index contributed by atoms with van der Waals surface area (Å²) in [5.74, 6) is 1.51. The number of fused-ring (bicyclic) bond motifs is 1. The zero-order chi connectivity index (χ0) is 26.7. The van der Waals surface area contributed by atoms with Crippen molar-refractivity contribution in [2.45, 2.75) is 65.0 Å². The lowest BCUT2D eigenvalue weighted by Crippen LogP contribution is -2.43. The molecule has 6 rings (SSSR count). The van der Waals surface area contributed by atoms with Crippen LogP contribution in [0.1, 0.15) is 82.3 Å². The Hall–Kier alpha value is -4.13. The van der Waals surface area contributed by atoms with Gasteiger partial charge >= 0.3 is 0 Å². The van der Waals surface area contributed by atoms with E-state index in [-0.39, 0.29) is 41.4 Å². The number of piperidine rings is 1. The van der Waals surface area contributed by atoms with E-state index in [0.717, 1.165) is 59.7 Å². The summed E-state index contributed by atoms with van der Waals surface area (Å²) in [6.45, 7) is 8.70. The van der Waals surface area contributed by atoms with Crippen LogP contribution in [0, 0.1) is 43.9 Å². The summed E-state index contributed by atoms with van der Waals surface area (Å²) in [7, 11) is 0. The third kappa shape index (κ3) is 4.02. The maximum absolute atomic E-state index is 12.9. The fraction of sp³-hybridized carbons (Fsp3) is 0.464. The first-order chi connectivity index (χ1) is 18.2. The van der Waals surface area contributed by atoms with Crippen LogP contribution in [-0.4, -0.2) is 49.4 Å². The van der Waals surface area contributed by atoms with Crippen molar-refractivity contribution in [2.75, 3.05) is 11.4 Å². The smallest absolute Gasteiger partial charge is 0.273 e. The Balaban J connectivity index is 1.11. The fourth-order valence-corrected chi connectivity index (χ4v) is 5.78. The van der Waals surface area contributed by atoms with Crippen molar-refractivity contribution in [3.63, 3.8) is 0 Å². The van der Waals surface area contributed by atoms with Crippen LogP contribution in [0.3, 0.4) is 0 Å². The van der Waals surface area contributed by atoms with Crippen LogP contribution in [0.25, 0.3) is 0 Å². The first-order valence-electron chi connectivity index (χ1n) is 13.1. The fourth-order valence-electron chi connectivity index (χ4n) is 5.78. The maximum atomic E-state index is 12.9. The lowest BCUT2D eigenvalue weighted by Gasteiger charge is -2.35. The number of carbonyl (C=O) groups is 2. The Labute approximate surface area is 221 Å². The highest BCUT2D eigenvalue weighted by molar-refractivity contribution is 5.99. The molecule has 0 aromatic carbocycles. The summed E-state index contributed by atoms with van der Waals surface area (Å²) in [6.07, 6.45) is 5.95. The van der Waals surface area contributed by atoms with Crippen molar-refractivity contribution in [3.8, 4) is 6.07 Å². The molecule has 1 saturated heterocycles. The SMILES string of the molecule is Cc1ccc(C#N)c([C@H]2C[C@@H](NC(=O)c3cn(C(C)c4cnc(N5C[C@H]6C[C@H]6C5=O)c(C)c4C)nn3)C2)n1. The largest absolute Gasteiger partial charge is 0.348 e. The third-order valence-electron chi connectivity index (χ3n) is 8.47. The number of anilines is 1. The first kappa shape index (κ1) is 24.2. The number of nitrogens with zero attached hydrogens (tertiary/aromatic N) is 7. The molecule has 1 unspecified atom stereocenters. The van der Waals surface area contributed by atoms with E-state index in [1.165, 1.54) is 0 Å². The molecule has 3 aliphatic rings. The van der Waals surface area contributed by atoms with Crippen molar-refractivity contribution < 1.29 is 9.59 Å². The Kier molecular flexibility index (Phi) is 5.74. The van der Waals surface area contributed by atoms with Crippen molar-refractivity contribution >= 4 is 17.6 Å². The molecule has 4 heterocycles. The number of hydrogen-bond acceptors (Lipinski definition) is 7. The summed E-state index contributed by atoms with van der Waals surface area (Å²) >= 11 is 0. The molecule has 3 fully saturated rings. The second-order valence-electron chi connectivity index (χ2n) is 10.9. The van der Waals surface area contributed by atoms with E-state index in [1.807, 2.05) is 50.9 Å². The number of pyridine rings is 2. The van der Waals surface area contributed by atoms with Crippen LogP contribution in [0.15, 0.2) is 24.5 Å². The second-order valence-corrected chi connectivity index (χ2v) is 10.9. The Bertz CT molecular complexity index is 1500. The van der Waals surface area contributed by atoms with Crippen LogP contribution in [-0.2, 0) is 4.79 Å². The van der Waals surface area contributed by atoms with E-state index in [4.69, 9.17) is 0 Å². The van der Waals surface area contributed by atoms with Gasteiger partial charge in [-0.1, -0.05) is 5.21 Å². The topological polar surface area (TPSA) is 130 Å². The van der Waals surface area contributed by atoms with Crippen LogP contribution < -0.4 is 10.2 Å². The molecular formula is C28H30N8O2. The Morgan fingerprint density at radius 2 is 1.97 bits per heavy atom. The molecule has 0 spiro atoms. The third-order valence-corrected chi connectivity index (χ3v) is 8.47. The van der Waals surface area contributed by atoms with E-state index in [1.54, 1.807) is 10.9 Å². The molecule has 3 aromatic heterocycles. The summed E-state index contributed by atoms with van der Waals surface area (Å²) in [5.41, 5.74) is 5.57. The zero-order valence-electron chi connectivity index (χ0n) is 22.0. The summed E-state index contributed by atoms with van der Waals surface area (Å²) < 4.78 is 1.67. The van der Waals surface area contributed by atoms with E-state index < -0.39 is 0 Å². The van der Waals surface area contributed by atoms with E-state index in [0.29, 0.717) is 11.5 Å². The number of aryl methyl sites for hydroxylation is 1. The Morgan fingerprint density at radius 1 is 1.18 bits per heavy atom. The lowest BCUT2D eigenvalue weighted by molar-refractivity contribution is -0.118. The lowest BCUT2D eigenvalue weighted by atomic mass is 9.76. The van der Waals surface area contributed by atoms with Gasteiger partial charge in [-0.2, -0.15) is 5.26 Å². The van der Waals surface area contributed by atoms with Gasteiger partial charge in [-0.3, -0.25) is 19.5 Å². The molecule has 194 valence electrons.